The molecule has 7 nitrogen and oxygen atoms in total. The fourth-order valence-electron chi connectivity index (χ4n) is 5.86. The van der Waals surface area contributed by atoms with E-state index in [4.69, 9.17) is 11.6 Å². The zero-order valence-corrected chi connectivity index (χ0v) is 27.6. The second kappa shape index (κ2) is 14.2. The van der Waals surface area contributed by atoms with E-state index in [2.05, 4.69) is 68.6 Å². The Morgan fingerprint density at radius 1 is 0.830 bits per heavy atom. The van der Waals surface area contributed by atoms with Gasteiger partial charge in [-0.3, -0.25) is 14.3 Å². The van der Waals surface area contributed by atoms with Crippen molar-refractivity contribution < 1.29 is 9.18 Å². The van der Waals surface area contributed by atoms with Crippen LogP contribution in [0.2, 0.25) is 5.02 Å². The first-order valence-electron chi connectivity index (χ1n) is 15.2. The van der Waals surface area contributed by atoms with E-state index in [1.165, 1.54) is 40.3 Å². The average molecular weight is 681 g/mol. The van der Waals surface area contributed by atoms with Crippen molar-refractivity contribution in [1.29, 1.82) is 0 Å². The molecule has 6 aromatic rings. The molecule has 2 aromatic heterocycles. The van der Waals surface area contributed by atoms with Crippen LogP contribution >= 0.6 is 34.7 Å². The van der Waals surface area contributed by atoms with Gasteiger partial charge >= 0.3 is 0 Å². The number of carbonyl (C=O) groups is 1. The van der Waals surface area contributed by atoms with Crippen LogP contribution in [0.3, 0.4) is 0 Å². The van der Waals surface area contributed by atoms with Gasteiger partial charge in [0.1, 0.15) is 16.5 Å². The van der Waals surface area contributed by atoms with Gasteiger partial charge in [0, 0.05) is 37.1 Å². The van der Waals surface area contributed by atoms with E-state index in [0.29, 0.717) is 51.8 Å². The molecular weight excluding hydrogens is 651 g/mol. The molecule has 1 aliphatic heterocycles. The highest BCUT2D eigenvalue weighted by Gasteiger charge is 2.29. The van der Waals surface area contributed by atoms with Crippen molar-refractivity contribution in [3.8, 4) is 17.1 Å². The quantitative estimate of drug-likeness (QED) is 0.144. The van der Waals surface area contributed by atoms with Crippen molar-refractivity contribution in [2.75, 3.05) is 26.2 Å². The Kier molecular flexibility index (Phi) is 9.44. The van der Waals surface area contributed by atoms with Crippen molar-refractivity contribution in [2.24, 2.45) is 0 Å². The predicted octanol–water partition coefficient (Wildman–Crippen LogP) is 8.02. The lowest BCUT2D eigenvalue weighted by Crippen LogP contribution is -2.50. The Morgan fingerprint density at radius 2 is 1.47 bits per heavy atom. The molecule has 7 rings (SSSR count). The number of hydrogen-bond acceptors (Lipinski definition) is 7. The van der Waals surface area contributed by atoms with E-state index in [-0.39, 0.29) is 11.9 Å². The molecule has 0 atom stereocenters. The maximum atomic E-state index is 15.0. The Morgan fingerprint density at radius 3 is 2.15 bits per heavy atom. The van der Waals surface area contributed by atoms with Crippen molar-refractivity contribution in [2.45, 2.75) is 17.0 Å². The molecule has 0 N–H and O–H groups in total. The van der Waals surface area contributed by atoms with Crippen LogP contribution in [0, 0.1) is 5.82 Å². The minimum atomic E-state index is -0.400. The summed E-state index contributed by atoms with van der Waals surface area (Å²) in [7, 11) is 0. The number of amides is 1. The lowest BCUT2D eigenvalue weighted by atomic mass is 9.96. The number of benzene rings is 4. The maximum absolute atomic E-state index is 15.0. The van der Waals surface area contributed by atoms with Gasteiger partial charge in [-0.2, -0.15) is 0 Å². The predicted molar refractivity (Wildman–Crippen MR) is 186 cm³/mol. The molecule has 3 heterocycles. The SMILES string of the molecule is O=C(c1csc(CSc2nnc(-c3ccccc3Cl)n2-c2ccccc2F)n1)N1CCN(C(c2ccccc2)c2ccccc2)CC1. The molecular formula is C36H30ClFN6OS2. The molecule has 0 unspecified atom stereocenters. The number of nitrogens with zero attached hydrogens (tertiary/aromatic N) is 6. The fraction of sp³-hybridized carbons (Fsp3) is 0.167. The molecule has 0 saturated carbocycles. The highest BCUT2D eigenvalue weighted by atomic mass is 35.5. The van der Waals surface area contributed by atoms with Crippen LogP contribution in [-0.2, 0) is 5.75 Å². The lowest BCUT2D eigenvalue weighted by Gasteiger charge is -2.39. The number of carbonyl (C=O) groups excluding carboxylic acids is 1. The summed E-state index contributed by atoms with van der Waals surface area (Å²) < 4.78 is 16.7. The minimum absolute atomic E-state index is 0.0661. The van der Waals surface area contributed by atoms with Crippen LogP contribution in [-0.4, -0.2) is 61.6 Å². The third-order valence-corrected chi connectivity index (χ3v) is 10.4. The van der Waals surface area contributed by atoms with Crippen molar-refractivity contribution in [3.05, 3.63) is 147 Å². The van der Waals surface area contributed by atoms with Crippen LogP contribution in [0.25, 0.3) is 17.1 Å². The number of rotatable bonds is 9. The second-order valence-electron chi connectivity index (χ2n) is 11.0. The first-order chi connectivity index (χ1) is 23.1. The molecule has 4 aromatic carbocycles. The van der Waals surface area contributed by atoms with Gasteiger partial charge in [-0.1, -0.05) is 108 Å². The van der Waals surface area contributed by atoms with Gasteiger partial charge < -0.3 is 4.90 Å². The van der Waals surface area contributed by atoms with Gasteiger partial charge in [-0.05, 0) is 35.4 Å². The summed E-state index contributed by atoms with van der Waals surface area (Å²) in [5, 5.41) is 12.4. The number of thioether (sulfide) groups is 1. The van der Waals surface area contributed by atoms with Gasteiger partial charge in [0.25, 0.3) is 5.91 Å². The summed E-state index contributed by atoms with van der Waals surface area (Å²) in [6, 6.07) is 35.0. The van der Waals surface area contributed by atoms with E-state index in [9.17, 15) is 4.79 Å². The molecule has 1 fully saturated rings. The largest absolute Gasteiger partial charge is 0.335 e. The summed E-state index contributed by atoms with van der Waals surface area (Å²) in [5.74, 6) is 0.419. The summed E-state index contributed by atoms with van der Waals surface area (Å²) in [6.07, 6.45) is 0. The van der Waals surface area contributed by atoms with Crippen molar-refractivity contribution in [1.82, 2.24) is 29.5 Å². The molecule has 0 spiro atoms. The van der Waals surface area contributed by atoms with Crippen LogP contribution in [0.4, 0.5) is 4.39 Å². The van der Waals surface area contributed by atoms with E-state index < -0.39 is 5.82 Å². The highest BCUT2D eigenvalue weighted by molar-refractivity contribution is 7.98. The minimum Gasteiger partial charge on any atom is -0.335 e. The summed E-state index contributed by atoms with van der Waals surface area (Å²) in [6.45, 7) is 2.75. The molecule has 1 aliphatic rings. The summed E-state index contributed by atoms with van der Waals surface area (Å²) in [5.41, 5.74) is 3.90. The third kappa shape index (κ3) is 6.73. The first kappa shape index (κ1) is 31.3. The average Bonchev–Trinajstić information content (AvgIpc) is 3.76. The topological polar surface area (TPSA) is 67.2 Å². The number of thiazole rings is 1. The normalized spacial score (nSPS) is 13.7. The smallest absolute Gasteiger partial charge is 0.273 e. The standard InChI is InChI=1S/C36H30ClFN6OS2/c37-28-16-8-7-15-27(28)34-40-41-36(44(34)31-18-10-9-17-29(31)38)47-24-32-39-30(23-46-32)35(45)43-21-19-42(20-22-43)33(25-11-3-1-4-12-25)26-13-5-2-6-14-26/h1-18,23,33H,19-22,24H2. The van der Waals surface area contributed by atoms with Gasteiger partial charge in [-0.15, -0.1) is 21.5 Å². The lowest BCUT2D eigenvalue weighted by molar-refractivity contribution is 0.0592. The molecule has 1 saturated heterocycles. The monoisotopic (exact) mass is 680 g/mol. The number of aromatic nitrogens is 4. The fourth-order valence-corrected chi connectivity index (χ4v) is 7.81. The molecule has 47 heavy (non-hydrogen) atoms. The third-order valence-electron chi connectivity index (χ3n) is 8.13. The Labute approximate surface area is 285 Å². The van der Waals surface area contributed by atoms with Crippen LogP contribution in [0.15, 0.2) is 120 Å². The van der Waals surface area contributed by atoms with Crippen LogP contribution in [0.1, 0.15) is 32.7 Å². The summed E-state index contributed by atoms with van der Waals surface area (Å²) >= 11 is 9.30. The van der Waals surface area contributed by atoms with Gasteiger partial charge in [0.2, 0.25) is 0 Å². The highest BCUT2D eigenvalue weighted by Crippen LogP contribution is 2.34. The number of para-hydroxylation sites is 1. The Hall–Kier alpha value is -4.35. The van der Waals surface area contributed by atoms with Crippen LogP contribution in [0.5, 0.6) is 0 Å². The molecule has 0 aliphatic carbocycles. The van der Waals surface area contributed by atoms with E-state index in [1.807, 2.05) is 40.6 Å². The number of piperazine rings is 1. The van der Waals surface area contributed by atoms with Crippen LogP contribution < -0.4 is 0 Å². The molecule has 1 amide bonds. The van der Waals surface area contributed by atoms with E-state index in [1.54, 1.807) is 28.8 Å². The zero-order chi connectivity index (χ0) is 32.2. The van der Waals surface area contributed by atoms with Gasteiger partial charge in [0.15, 0.2) is 11.0 Å². The number of hydrogen-bond donors (Lipinski definition) is 0. The van der Waals surface area contributed by atoms with Crippen molar-refractivity contribution >= 4 is 40.6 Å². The molecule has 236 valence electrons. The second-order valence-corrected chi connectivity index (χ2v) is 13.3. The Balaban J connectivity index is 1.04. The van der Waals surface area contributed by atoms with Gasteiger partial charge in [0.05, 0.1) is 22.5 Å². The summed E-state index contributed by atoms with van der Waals surface area (Å²) in [4.78, 5) is 22.6. The first-order valence-corrected chi connectivity index (χ1v) is 17.5. The molecule has 11 heteroatoms. The van der Waals surface area contributed by atoms with Gasteiger partial charge in [-0.25, -0.2) is 9.37 Å². The molecule has 0 radical (unpaired) electrons. The maximum Gasteiger partial charge on any atom is 0.273 e. The zero-order valence-electron chi connectivity index (χ0n) is 25.2. The number of halogens is 2. The Bertz CT molecular complexity index is 1940. The van der Waals surface area contributed by atoms with E-state index in [0.717, 1.165) is 18.1 Å². The van der Waals surface area contributed by atoms with Crippen molar-refractivity contribution in [3.63, 3.8) is 0 Å². The molecule has 0 bridgehead atoms. The van der Waals surface area contributed by atoms with E-state index >= 15 is 4.39 Å².